The Labute approximate surface area is 188 Å². The number of nitrogens with zero attached hydrogens (tertiary/aromatic N) is 2. The smallest absolute Gasteiger partial charge is 0.282 e. The zero-order valence-electron chi connectivity index (χ0n) is 19.0. The zero-order valence-corrected chi connectivity index (χ0v) is 19.0. The number of imide groups is 1. The number of benzene rings is 2. The van der Waals surface area contributed by atoms with Crippen LogP contribution in [-0.4, -0.2) is 35.7 Å². The highest BCUT2D eigenvalue weighted by Gasteiger charge is 2.43. The first-order valence-electron chi connectivity index (χ1n) is 11.1. The van der Waals surface area contributed by atoms with Crippen LogP contribution in [0.15, 0.2) is 54.2 Å². The number of amides is 3. The van der Waals surface area contributed by atoms with Gasteiger partial charge in [0.1, 0.15) is 5.70 Å². The molecule has 0 spiro atoms. The number of carbonyl (C=O) groups excluding carboxylic acids is 3. The van der Waals surface area contributed by atoms with Crippen LogP contribution in [0.3, 0.4) is 0 Å². The Balaban J connectivity index is 1.76. The van der Waals surface area contributed by atoms with E-state index in [1.165, 1.54) is 11.8 Å². The van der Waals surface area contributed by atoms with Crippen LogP contribution in [-0.2, 0) is 14.4 Å². The predicted molar refractivity (Wildman–Crippen MR) is 126 cm³/mol. The number of aryl methyl sites for hydroxylation is 1. The molecule has 0 aliphatic carbocycles. The largest absolute Gasteiger partial charge is 0.366 e. The van der Waals surface area contributed by atoms with Crippen molar-refractivity contribution in [2.24, 2.45) is 11.8 Å². The summed E-state index contributed by atoms with van der Waals surface area (Å²) in [4.78, 5) is 42.0. The maximum Gasteiger partial charge on any atom is 0.282 e. The van der Waals surface area contributed by atoms with Crippen molar-refractivity contribution in [3.05, 3.63) is 65.4 Å². The fourth-order valence-electron chi connectivity index (χ4n) is 4.77. The average Bonchev–Trinajstić information content (AvgIpc) is 2.98. The van der Waals surface area contributed by atoms with Gasteiger partial charge in [-0.1, -0.05) is 43.7 Å². The topological polar surface area (TPSA) is 69.7 Å². The van der Waals surface area contributed by atoms with Gasteiger partial charge in [-0.2, -0.15) is 0 Å². The van der Waals surface area contributed by atoms with Crippen LogP contribution in [0.25, 0.3) is 5.57 Å². The zero-order chi connectivity index (χ0) is 23.0. The minimum absolute atomic E-state index is 0.176. The lowest BCUT2D eigenvalue weighted by molar-refractivity contribution is -0.121. The number of hydrogen-bond acceptors (Lipinski definition) is 4. The summed E-state index contributed by atoms with van der Waals surface area (Å²) < 4.78 is 0. The van der Waals surface area contributed by atoms with E-state index in [1.54, 1.807) is 24.3 Å². The van der Waals surface area contributed by atoms with E-state index in [1.807, 2.05) is 31.2 Å². The van der Waals surface area contributed by atoms with Gasteiger partial charge in [-0.15, -0.1) is 0 Å². The van der Waals surface area contributed by atoms with Crippen molar-refractivity contribution in [3.8, 4) is 0 Å². The highest BCUT2D eigenvalue weighted by Crippen LogP contribution is 2.37. The molecule has 0 bridgehead atoms. The molecule has 166 valence electrons. The van der Waals surface area contributed by atoms with E-state index in [0.717, 1.165) is 30.6 Å². The molecular weight excluding hydrogens is 402 g/mol. The van der Waals surface area contributed by atoms with Crippen molar-refractivity contribution in [3.63, 3.8) is 0 Å². The molecule has 32 heavy (non-hydrogen) atoms. The standard InChI is InChI=1S/C26H29N3O3/c1-16-5-7-20(8-6-16)23-24(28-14-17(2)13-18(3)15-28)26(32)29(25(23)31)22-11-9-21(10-12-22)27-19(4)30/h5-12,17-18H,13-15H2,1-4H3,(H,27,30). The van der Waals surface area contributed by atoms with Crippen molar-refractivity contribution in [1.29, 1.82) is 0 Å². The second kappa shape index (κ2) is 8.61. The summed E-state index contributed by atoms with van der Waals surface area (Å²) in [5, 5.41) is 2.71. The Hall–Kier alpha value is -3.41. The Morgan fingerprint density at radius 1 is 0.906 bits per heavy atom. The number of anilines is 2. The monoisotopic (exact) mass is 431 g/mol. The molecule has 2 aromatic rings. The van der Waals surface area contributed by atoms with Crippen molar-refractivity contribution < 1.29 is 14.4 Å². The highest BCUT2D eigenvalue weighted by molar-refractivity contribution is 6.45. The third-order valence-electron chi connectivity index (χ3n) is 6.03. The minimum Gasteiger partial charge on any atom is -0.366 e. The summed E-state index contributed by atoms with van der Waals surface area (Å²) in [5.74, 6) is 0.106. The van der Waals surface area contributed by atoms with Gasteiger partial charge in [0.2, 0.25) is 5.91 Å². The first kappa shape index (κ1) is 21.8. The van der Waals surface area contributed by atoms with E-state index in [-0.39, 0.29) is 17.7 Å². The van der Waals surface area contributed by atoms with Crippen LogP contribution in [0.4, 0.5) is 11.4 Å². The normalized spacial score (nSPS) is 21.4. The first-order chi connectivity index (χ1) is 15.2. The van der Waals surface area contributed by atoms with E-state index in [2.05, 4.69) is 24.1 Å². The van der Waals surface area contributed by atoms with Crippen molar-refractivity contribution >= 4 is 34.7 Å². The van der Waals surface area contributed by atoms with Crippen molar-refractivity contribution in [2.75, 3.05) is 23.3 Å². The van der Waals surface area contributed by atoms with Gasteiger partial charge in [-0.25, -0.2) is 4.90 Å². The molecule has 3 amide bonds. The Kier molecular flexibility index (Phi) is 5.87. The summed E-state index contributed by atoms with van der Waals surface area (Å²) in [7, 11) is 0. The molecular formula is C26H29N3O3. The third-order valence-corrected chi connectivity index (χ3v) is 6.03. The molecule has 0 radical (unpaired) electrons. The van der Waals surface area contributed by atoms with Crippen molar-refractivity contribution in [2.45, 2.75) is 34.1 Å². The number of hydrogen-bond donors (Lipinski definition) is 1. The summed E-state index contributed by atoms with van der Waals surface area (Å²) >= 11 is 0. The SMILES string of the molecule is CC(=O)Nc1ccc(N2C(=O)C(c3ccc(C)cc3)=C(N3CC(C)CC(C)C3)C2=O)cc1. The van der Waals surface area contributed by atoms with E-state index in [9.17, 15) is 14.4 Å². The maximum atomic E-state index is 13.7. The molecule has 2 heterocycles. The highest BCUT2D eigenvalue weighted by atomic mass is 16.2. The van der Waals surface area contributed by atoms with Gasteiger partial charge >= 0.3 is 0 Å². The molecule has 2 aliphatic heterocycles. The number of likely N-dealkylation sites (tertiary alicyclic amines) is 1. The molecule has 1 fully saturated rings. The molecule has 0 saturated carbocycles. The molecule has 1 saturated heterocycles. The van der Waals surface area contributed by atoms with Gasteiger partial charge < -0.3 is 10.2 Å². The van der Waals surface area contributed by atoms with E-state index >= 15 is 0 Å². The van der Waals surface area contributed by atoms with Crippen LogP contribution in [0.1, 0.15) is 38.3 Å². The Morgan fingerprint density at radius 2 is 1.50 bits per heavy atom. The number of carbonyl (C=O) groups is 3. The second-order valence-electron chi connectivity index (χ2n) is 9.11. The first-order valence-corrected chi connectivity index (χ1v) is 11.1. The van der Waals surface area contributed by atoms with E-state index in [0.29, 0.717) is 34.5 Å². The number of nitrogens with one attached hydrogen (secondary N) is 1. The third kappa shape index (κ3) is 4.17. The van der Waals surface area contributed by atoms with Gasteiger partial charge in [0.15, 0.2) is 0 Å². The fourth-order valence-corrected chi connectivity index (χ4v) is 4.77. The summed E-state index contributed by atoms with van der Waals surface area (Å²) in [6.07, 6.45) is 1.11. The average molecular weight is 432 g/mol. The summed E-state index contributed by atoms with van der Waals surface area (Å²) in [6.45, 7) is 9.32. The molecule has 2 unspecified atom stereocenters. The van der Waals surface area contributed by atoms with Crippen LogP contribution >= 0.6 is 0 Å². The van der Waals surface area contributed by atoms with Gasteiger partial charge in [-0.3, -0.25) is 14.4 Å². The summed E-state index contributed by atoms with van der Waals surface area (Å²) in [6, 6.07) is 14.5. The van der Waals surface area contributed by atoms with Gasteiger partial charge in [-0.05, 0) is 55.0 Å². The van der Waals surface area contributed by atoms with Gasteiger partial charge in [0.25, 0.3) is 11.8 Å². The molecule has 6 nitrogen and oxygen atoms in total. The van der Waals surface area contributed by atoms with Gasteiger partial charge in [0.05, 0.1) is 11.3 Å². The molecule has 2 atom stereocenters. The van der Waals surface area contributed by atoms with Crippen LogP contribution in [0.2, 0.25) is 0 Å². The van der Waals surface area contributed by atoms with E-state index < -0.39 is 0 Å². The molecule has 4 rings (SSSR count). The molecule has 0 aromatic heterocycles. The predicted octanol–water partition coefficient (Wildman–Crippen LogP) is 4.22. The lowest BCUT2D eigenvalue weighted by Gasteiger charge is -2.37. The number of rotatable bonds is 4. The lowest BCUT2D eigenvalue weighted by Crippen LogP contribution is -2.42. The second-order valence-corrected chi connectivity index (χ2v) is 9.11. The Morgan fingerprint density at radius 3 is 2.06 bits per heavy atom. The molecule has 6 heteroatoms. The molecule has 2 aromatic carbocycles. The molecule has 1 N–H and O–H groups in total. The van der Waals surface area contributed by atoms with Crippen LogP contribution in [0, 0.1) is 18.8 Å². The fraction of sp³-hybridized carbons (Fsp3) is 0.346. The number of piperidine rings is 1. The van der Waals surface area contributed by atoms with Crippen molar-refractivity contribution in [1.82, 2.24) is 4.90 Å². The lowest BCUT2D eigenvalue weighted by atomic mass is 9.91. The van der Waals surface area contributed by atoms with Gasteiger partial charge in [0, 0.05) is 25.7 Å². The van der Waals surface area contributed by atoms with Crippen LogP contribution in [0.5, 0.6) is 0 Å². The minimum atomic E-state index is -0.313. The van der Waals surface area contributed by atoms with Crippen LogP contribution < -0.4 is 10.2 Å². The summed E-state index contributed by atoms with van der Waals surface area (Å²) in [5.41, 5.74) is 3.91. The maximum absolute atomic E-state index is 13.7. The molecule has 2 aliphatic rings. The Bertz CT molecular complexity index is 1080. The quantitative estimate of drug-likeness (QED) is 0.736. The van der Waals surface area contributed by atoms with E-state index in [4.69, 9.17) is 0 Å².